The van der Waals surface area contributed by atoms with E-state index >= 15 is 0 Å². The molecule has 0 aliphatic heterocycles. The van der Waals surface area contributed by atoms with E-state index in [1.165, 1.54) is 16.7 Å². The van der Waals surface area contributed by atoms with Gasteiger partial charge in [0.25, 0.3) is 0 Å². The number of hydrogen-bond acceptors (Lipinski definition) is 1. The molecule has 0 heterocycles. The summed E-state index contributed by atoms with van der Waals surface area (Å²) in [4.78, 5) is 11.1. The summed E-state index contributed by atoms with van der Waals surface area (Å²) in [5.74, 6) is -0.966. The van der Waals surface area contributed by atoms with Gasteiger partial charge in [-0.3, -0.25) is 4.79 Å². The van der Waals surface area contributed by atoms with Crippen LogP contribution in [0.2, 0.25) is 0 Å². The number of hydrogen-bond donors (Lipinski definition) is 1. The van der Waals surface area contributed by atoms with Crippen LogP contribution in [-0.2, 0) is 11.2 Å². The fraction of sp³-hybridized carbons (Fsp3) is 0.462. The van der Waals surface area contributed by atoms with E-state index in [1.54, 1.807) is 0 Å². The van der Waals surface area contributed by atoms with Gasteiger partial charge in [-0.05, 0) is 55.4 Å². The molecule has 80 valence electrons. The molecule has 0 amide bonds. The van der Waals surface area contributed by atoms with Gasteiger partial charge in [-0.25, -0.2) is 0 Å². The van der Waals surface area contributed by atoms with Gasteiger partial charge in [0, 0.05) is 0 Å². The standard InChI is InChI=1S/C13H16O2/c1-8-6-10-4-3-5-11(13(14)15)12(10)7-9(8)2/h6-7,11H,3-5H2,1-2H3,(H,14,15). The minimum atomic E-state index is -0.681. The third-order valence-electron chi connectivity index (χ3n) is 3.37. The molecular weight excluding hydrogens is 188 g/mol. The van der Waals surface area contributed by atoms with Gasteiger partial charge in [-0.2, -0.15) is 0 Å². The molecule has 2 rings (SSSR count). The first kappa shape index (κ1) is 10.2. The van der Waals surface area contributed by atoms with Crippen molar-refractivity contribution in [2.24, 2.45) is 0 Å². The lowest BCUT2D eigenvalue weighted by Crippen LogP contribution is -2.18. The van der Waals surface area contributed by atoms with Crippen LogP contribution in [0.25, 0.3) is 0 Å². The summed E-state index contributed by atoms with van der Waals surface area (Å²) in [5, 5.41) is 9.15. The molecule has 2 heteroatoms. The summed E-state index contributed by atoms with van der Waals surface area (Å²) >= 11 is 0. The molecule has 0 fully saturated rings. The molecular formula is C13H16O2. The van der Waals surface area contributed by atoms with Crippen LogP contribution in [0.5, 0.6) is 0 Å². The third kappa shape index (κ3) is 1.76. The van der Waals surface area contributed by atoms with E-state index in [2.05, 4.69) is 19.1 Å². The number of rotatable bonds is 1. The van der Waals surface area contributed by atoms with E-state index in [1.807, 2.05) is 6.92 Å². The van der Waals surface area contributed by atoms with Gasteiger partial charge >= 0.3 is 5.97 Å². The third-order valence-corrected chi connectivity index (χ3v) is 3.37. The maximum absolute atomic E-state index is 11.1. The van der Waals surface area contributed by atoms with Gasteiger partial charge in [0.1, 0.15) is 0 Å². The highest BCUT2D eigenvalue weighted by Gasteiger charge is 2.26. The summed E-state index contributed by atoms with van der Waals surface area (Å²) in [6, 6.07) is 4.21. The molecule has 1 aromatic rings. The lowest BCUT2D eigenvalue weighted by Gasteiger charge is -2.23. The van der Waals surface area contributed by atoms with E-state index in [-0.39, 0.29) is 5.92 Å². The van der Waals surface area contributed by atoms with Crippen molar-refractivity contribution in [2.75, 3.05) is 0 Å². The lowest BCUT2D eigenvalue weighted by atomic mass is 9.81. The molecule has 0 saturated carbocycles. The van der Waals surface area contributed by atoms with Crippen LogP contribution in [-0.4, -0.2) is 11.1 Å². The maximum atomic E-state index is 11.1. The first-order valence-corrected chi connectivity index (χ1v) is 5.42. The molecule has 1 unspecified atom stereocenters. The first-order valence-electron chi connectivity index (χ1n) is 5.42. The Hall–Kier alpha value is -1.31. The molecule has 0 radical (unpaired) electrons. The Morgan fingerprint density at radius 3 is 2.67 bits per heavy atom. The van der Waals surface area contributed by atoms with Crippen molar-refractivity contribution < 1.29 is 9.90 Å². The smallest absolute Gasteiger partial charge is 0.310 e. The average Bonchev–Trinajstić information content (AvgIpc) is 2.18. The molecule has 0 bridgehead atoms. The van der Waals surface area contributed by atoms with Crippen LogP contribution >= 0.6 is 0 Å². The highest BCUT2D eigenvalue weighted by atomic mass is 16.4. The van der Waals surface area contributed by atoms with Crippen molar-refractivity contribution in [3.05, 3.63) is 34.4 Å². The normalized spacial score (nSPS) is 19.7. The summed E-state index contributed by atoms with van der Waals surface area (Å²) in [7, 11) is 0. The Morgan fingerprint density at radius 2 is 2.00 bits per heavy atom. The zero-order valence-electron chi connectivity index (χ0n) is 9.21. The zero-order chi connectivity index (χ0) is 11.0. The molecule has 1 aromatic carbocycles. The summed E-state index contributed by atoms with van der Waals surface area (Å²) in [6.45, 7) is 4.13. The molecule has 1 aliphatic carbocycles. The van der Waals surface area contributed by atoms with Crippen molar-refractivity contribution in [1.82, 2.24) is 0 Å². The molecule has 1 atom stereocenters. The minimum absolute atomic E-state index is 0.284. The lowest BCUT2D eigenvalue weighted by molar-refractivity contribution is -0.139. The van der Waals surface area contributed by atoms with Gasteiger partial charge in [-0.1, -0.05) is 12.1 Å². The number of aryl methyl sites for hydroxylation is 3. The molecule has 15 heavy (non-hydrogen) atoms. The van der Waals surface area contributed by atoms with E-state index < -0.39 is 5.97 Å². The van der Waals surface area contributed by atoms with Gasteiger partial charge < -0.3 is 5.11 Å². The summed E-state index contributed by atoms with van der Waals surface area (Å²) in [5.41, 5.74) is 4.73. The topological polar surface area (TPSA) is 37.3 Å². The number of carboxylic acids is 1. The Labute approximate surface area is 89.9 Å². The van der Waals surface area contributed by atoms with Gasteiger partial charge in [0.15, 0.2) is 0 Å². The van der Waals surface area contributed by atoms with Crippen LogP contribution < -0.4 is 0 Å². The molecule has 0 saturated heterocycles. The number of carboxylic acid groups (broad SMARTS) is 1. The Bertz CT molecular complexity index is 407. The highest BCUT2D eigenvalue weighted by molar-refractivity contribution is 5.77. The SMILES string of the molecule is Cc1cc2c(cc1C)C(C(=O)O)CCC2. The number of benzene rings is 1. The Morgan fingerprint density at radius 1 is 1.33 bits per heavy atom. The van der Waals surface area contributed by atoms with E-state index in [9.17, 15) is 4.79 Å². The van der Waals surface area contributed by atoms with Crippen molar-refractivity contribution in [1.29, 1.82) is 0 Å². The monoisotopic (exact) mass is 204 g/mol. The largest absolute Gasteiger partial charge is 0.481 e. The Balaban J connectivity index is 2.51. The van der Waals surface area contributed by atoms with Crippen molar-refractivity contribution in [3.8, 4) is 0 Å². The van der Waals surface area contributed by atoms with Crippen molar-refractivity contribution in [3.63, 3.8) is 0 Å². The molecule has 0 spiro atoms. The van der Waals surface area contributed by atoms with Crippen LogP contribution in [0.15, 0.2) is 12.1 Å². The van der Waals surface area contributed by atoms with Crippen LogP contribution in [0, 0.1) is 13.8 Å². The van der Waals surface area contributed by atoms with E-state index in [0.29, 0.717) is 0 Å². The van der Waals surface area contributed by atoms with Crippen molar-refractivity contribution in [2.45, 2.75) is 39.0 Å². The number of carbonyl (C=O) groups is 1. The average molecular weight is 204 g/mol. The predicted octanol–water partition coefficient (Wildman–Crippen LogP) is 2.81. The minimum Gasteiger partial charge on any atom is -0.481 e. The predicted molar refractivity (Wildman–Crippen MR) is 59.2 cm³/mol. The second-order valence-corrected chi connectivity index (χ2v) is 4.42. The van der Waals surface area contributed by atoms with E-state index in [4.69, 9.17) is 5.11 Å². The van der Waals surface area contributed by atoms with Crippen LogP contribution in [0.3, 0.4) is 0 Å². The maximum Gasteiger partial charge on any atom is 0.310 e. The highest BCUT2D eigenvalue weighted by Crippen LogP contribution is 2.33. The fourth-order valence-electron chi connectivity index (χ4n) is 2.35. The Kier molecular flexibility index (Phi) is 2.51. The van der Waals surface area contributed by atoms with Crippen LogP contribution in [0.4, 0.5) is 0 Å². The van der Waals surface area contributed by atoms with Crippen LogP contribution in [0.1, 0.15) is 41.0 Å². The molecule has 2 nitrogen and oxygen atoms in total. The van der Waals surface area contributed by atoms with Gasteiger partial charge in [-0.15, -0.1) is 0 Å². The summed E-state index contributed by atoms with van der Waals surface area (Å²) in [6.07, 6.45) is 2.80. The zero-order valence-corrected chi connectivity index (χ0v) is 9.21. The van der Waals surface area contributed by atoms with Gasteiger partial charge in [0.2, 0.25) is 0 Å². The van der Waals surface area contributed by atoms with Gasteiger partial charge in [0.05, 0.1) is 5.92 Å². The second-order valence-electron chi connectivity index (χ2n) is 4.42. The first-order chi connectivity index (χ1) is 7.09. The summed E-state index contributed by atoms with van der Waals surface area (Å²) < 4.78 is 0. The number of aliphatic carboxylic acids is 1. The number of fused-ring (bicyclic) bond motifs is 1. The molecule has 1 aliphatic rings. The second kappa shape index (κ2) is 3.69. The molecule has 0 aromatic heterocycles. The quantitative estimate of drug-likeness (QED) is 0.763. The van der Waals surface area contributed by atoms with E-state index in [0.717, 1.165) is 24.8 Å². The fourth-order valence-corrected chi connectivity index (χ4v) is 2.35. The molecule has 1 N–H and O–H groups in total. The van der Waals surface area contributed by atoms with Crippen molar-refractivity contribution >= 4 is 5.97 Å².